The number of aromatic nitrogens is 2. The normalized spacial score (nSPS) is 15.6. The number of carbonyl (C=O) groups excluding carboxylic acids is 2. The van der Waals surface area contributed by atoms with E-state index in [1.54, 1.807) is 17.5 Å². The van der Waals surface area contributed by atoms with E-state index in [9.17, 15) is 9.59 Å². The number of hydrogen-bond acceptors (Lipinski definition) is 6. The largest absolute Gasteiger partial charge is 0.361 e. The van der Waals surface area contributed by atoms with Gasteiger partial charge in [-0.25, -0.2) is 4.98 Å². The highest BCUT2D eigenvalue weighted by molar-refractivity contribution is 7.13. The average molecular weight is 485 g/mol. The second kappa shape index (κ2) is 14.3. The lowest BCUT2D eigenvalue weighted by Crippen LogP contribution is -2.24. The summed E-state index contributed by atoms with van der Waals surface area (Å²) in [6, 6.07) is 10.6. The highest BCUT2D eigenvalue weighted by atomic mass is 32.1. The standard InChI is InChI=1S/C12H12N2OS.C8H13NO.C6H11NO/c1-9-12(16-8-14-9)11-4-2-10(3-5-11)6-13-7-15;1-6(2)7(3)8-4-5-9-10-8;1-6-3-2-4-7(6)5-8/h2-5,7-8H,6H2,1H3,(H,13,15);4-7H,1-3H3;5-6H,2-4H2,1H3. The zero-order chi connectivity index (χ0) is 24.9. The van der Waals surface area contributed by atoms with Gasteiger partial charge in [0.25, 0.3) is 0 Å². The summed E-state index contributed by atoms with van der Waals surface area (Å²) in [4.78, 5) is 27.6. The first-order valence-electron chi connectivity index (χ1n) is 11.6. The van der Waals surface area contributed by atoms with Gasteiger partial charge in [-0.15, -0.1) is 11.3 Å². The van der Waals surface area contributed by atoms with Crippen molar-refractivity contribution in [2.45, 2.75) is 66.0 Å². The number of nitrogens with one attached hydrogen (secondary N) is 1. The maximum Gasteiger partial charge on any atom is 0.209 e. The predicted octanol–water partition coefficient (Wildman–Crippen LogP) is 5.43. The van der Waals surface area contributed by atoms with Gasteiger partial charge >= 0.3 is 0 Å². The lowest BCUT2D eigenvalue weighted by molar-refractivity contribution is -0.118. The Kier molecular flexibility index (Phi) is 11.5. The molecule has 34 heavy (non-hydrogen) atoms. The third kappa shape index (κ3) is 8.41. The van der Waals surface area contributed by atoms with E-state index in [1.165, 1.54) is 23.3 Å². The highest BCUT2D eigenvalue weighted by Crippen LogP contribution is 2.27. The van der Waals surface area contributed by atoms with Crippen LogP contribution >= 0.6 is 11.3 Å². The molecule has 2 amide bonds. The number of hydrogen-bond donors (Lipinski definition) is 1. The zero-order valence-electron chi connectivity index (χ0n) is 20.7. The number of amides is 2. The number of likely N-dealkylation sites (tertiary alicyclic amines) is 1. The molecule has 0 spiro atoms. The van der Waals surface area contributed by atoms with Gasteiger partial charge < -0.3 is 14.7 Å². The van der Waals surface area contributed by atoms with Crippen molar-refractivity contribution >= 4 is 24.2 Å². The Bertz CT molecular complexity index is 970. The van der Waals surface area contributed by atoms with E-state index in [4.69, 9.17) is 4.52 Å². The van der Waals surface area contributed by atoms with Crippen molar-refractivity contribution in [1.29, 1.82) is 0 Å². The maximum absolute atomic E-state index is 10.2. The Hall–Kier alpha value is -3.00. The van der Waals surface area contributed by atoms with Crippen LogP contribution in [0.4, 0.5) is 0 Å². The van der Waals surface area contributed by atoms with Crippen molar-refractivity contribution in [3.63, 3.8) is 0 Å². The molecule has 1 fully saturated rings. The molecule has 0 radical (unpaired) electrons. The van der Waals surface area contributed by atoms with Crippen LogP contribution in [0.2, 0.25) is 0 Å². The van der Waals surface area contributed by atoms with Crippen LogP contribution in [0.5, 0.6) is 0 Å². The number of nitrogens with zero attached hydrogens (tertiary/aromatic N) is 3. The van der Waals surface area contributed by atoms with Crippen LogP contribution in [-0.4, -0.2) is 40.4 Å². The molecule has 2 atom stereocenters. The number of rotatable bonds is 7. The second-order valence-electron chi connectivity index (χ2n) is 8.74. The van der Waals surface area contributed by atoms with Crippen LogP contribution in [0, 0.1) is 12.8 Å². The lowest BCUT2D eigenvalue weighted by atomic mass is 9.96. The van der Waals surface area contributed by atoms with E-state index < -0.39 is 0 Å². The predicted molar refractivity (Wildman–Crippen MR) is 136 cm³/mol. The molecule has 0 saturated carbocycles. The van der Waals surface area contributed by atoms with E-state index >= 15 is 0 Å². The molecule has 2 unspecified atom stereocenters. The molecular weight excluding hydrogens is 448 g/mol. The summed E-state index contributed by atoms with van der Waals surface area (Å²) in [5.74, 6) is 2.07. The Labute approximate surface area is 206 Å². The molecule has 1 aromatic carbocycles. The summed E-state index contributed by atoms with van der Waals surface area (Å²) < 4.78 is 5.01. The summed E-state index contributed by atoms with van der Waals surface area (Å²) in [6.07, 6.45) is 5.70. The number of benzene rings is 1. The molecule has 1 saturated heterocycles. The first-order valence-corrected chi connectivity index (χ1v) is 12.5. The maximum atomic E-state index is 10.2. The Balaban J connectivity index is 0.000000195. The van der Waals surface area contributed by atoms with E-state index in [0.29, 0.717) is 30.8 Å². The molecule has 3 heterocycles. The van der Waals surface area contributed by atoms with Gasteiger partial charge in [0.2, 0.25) is 12.8 Å². The molecule has 1 aliphatic rings. The Morgan fingerprint density at radius 3 is 2.38 bits per heavy atom. The van der Waals surface area contributed by atoms with Crippen molar-refractivity contribution in [2.24, 2.45) is 5.92 Å². The van der Waals surface area contributed by atoms with Crippen LogP contribution < -0.4 is 5.32 Å². The van der Waals surface area contributed by atoms with Crippen molar-refractivity contribution in [2.75, 3.05) is 6.54 Å². The molecule has 7 nitrogen and oxygen atoms in total. The highest BCUT2D eigenvalue weighted by Gasteiger charge is 2.17. The van der Waals surface area contributed by atoms with Gasteiger partial charge in [-0.2, -0.15) is 0 Å². The summed E-state index contributed by atoms with van der Waals surface area (Å²) in [5.41, 5.74) is 5.18. The Morgan fingerprint density at radius 2 is 1.94 bits per heavy atom. The van der Waals surface area contributed by atoms with Crippen molar-refractivity contribution in [3.05, 3.63) is 59.1 Å². The van der Waals surface area contributed by atoms with Crippen molar-refractivity contribution in [3.8, 4) is 10.4 Å². The molecule has 3 aromatic rings. The molecule has 0 bridgehead atoms. The van der Waals surface area contributed by atoms with Gasteiger partial charge in [-0.05, 0) is 43.7 Å². The number of aryl methyl sites for hydroxylation is 1. The fraction of sp³-hybridized carbons (Fsp3) is 0.462. The SMILES string of the molecule is CC(C)C(C)c1ccno1.CC1CCCN1C=O.Cc1ncsc1-c1ccc(CNC=O)cc1. The summed E-state index contributed by atoms with van der Waals surface area (Å²) in [6.45, 7) is 12.1. The van der Waals surface area contributed by atoms with Crippen molar-refractivity contribution < 1.29 is 14.1 Å². The summed E-state index contributed by atoms with van der Waals surface area (Å²) >= 11 is 1.64. The first kappa shape index (κ1) is 27.2. The van der Waals surface area contributed by atoms with E-state index in [-0.39, 0.29) is 0 Å². The van der Waals surface area contributed by atoms with Gasteiger partial charge in [0.05, 0.1) is 22.3 Å². The zero-order valence-corrected chi connectivity index (χ0v) is 21.5. The van der Waals surface area contributed by atoms with Crippen LogP contribution in [0.3, 0.4) is 0 Å². The van der Waals surface area contributed by atoms with Crippen molar-refractivity contribution in [1.82, 2.24) is 20.4 Å². The smallest absolute Gasteiger partial charge is 0.209 e. The minimum Gasteiger partial charge on any atom is -0.361 e. The molecule has 184 valence electrons. The fourth-order valence-electron chi connectivity index (χ4n) is 3.41. The number of carbonyl (C=O) groups is 2. The van der Waals surface area contributed by atoms with Crippen LogP contribution in [0.25, 0.3) is 10.4 Å². The second-order valence-corrected chi connectivity index (χ2v) is 9.60. The van der Waals surface area contributed by atoms with E-state index in [2.05, 4.69) is 55.3 Å². The summed E-state index contributed by atoms with van der Waals surface area (Å²) in [7, 11) is 0. The van der Waals surface area contributed by atoms with Gasteiger partial charge in [-0.1, -0.05) is 50.2 Å². The minimum absolute atomic E-state index is 0.475. The molecule has 2 aromatic heterocycles. The van der Waals surface area contributed by atoms with Crippen LogP contribution in [0.15, 0.2) is 46.6 Å². The van der Waals surface area contributed by atoms with E-state index in [0.717, 1.165) is 30.0 Å². The fourth-order valence-corrected chi connectivity index (χ4v) is 4.23. The third-order valence-corrected chi connectivity index (χ3v) is 6.98. The molecule has 1 aliphatic heterocycles. The third-order valence-electron chi connectivity index (χ3n) is 6.00. The lowest BCUT2D eigenvalue weighted by Gasteiger charge is -2.13. The van der Waals surface area contributed by atoms with Gasteiger partial charge in [0.15, 0.2) is 0 Å². The first-order chi connectivity index (χ1) is 16.4. The molecular formula is C26H36N4O3S. The number of thiazole rings is 1. The molecule has 0 aliphatic carbocycles. The quantitative estimate of drug-likeness (QED) is 0.452. The van der Waals surface area contributed by atoms with E-state index in [1.807, 2.05) is 35.5 Å². The monoisotopic (exact) mass is 484 g/mol. The summed E-state index contributed by atoms with van der Waals surface area (Å²) in [5, 5.41) is 6.29. The molecule has 8 heteroatoms. The van der Waals surface area contributed by atoms with Gasteiger partial charge in [0.1, 0.15) is 5.76 Å². The van der Waals surface area contributed by atoms with Crippen LogP contribution in [-0.2, 0) is 16.1 Å². The van der Waals surface area contributed by atoms with Crippen LogP contribution in [0.1, 0.15) is 63.5 Å². The minimum atomic E-state index is 0.475. The average Bonchev–Trinajstić information content (AvgIpc) is 3.61. The topological polar surface area (TPSA) is 88.3 Å². The van der Waals surface area contributed by atoms with Gasteiger partial charge in [-0.3, -0.25) is 9.59 Å². The molecule has 1 N–H and O–H groups in total. The molecule has 4 rings (SSSR count). The Morgan fingerprint density at radius 1 is 1.21 bits per heavy atom. The van der Waals surface area contributed by atoms with Gasteiger partial charge in [0, 0.05) is 31.1 Å².